The highest BCUT2D eigenvalue weighted by molar-refractivity contribution is 6.30. The first-order valence-corrected chi connectivity index (χ1v) is 4.28. The predicted octanol–water partition coefficient (Wildman–Crippen LogP) is 2.13. The van der Waals surface area contributed by atoms with Crippen molar-refractivity contribution in [1.29, 1.82) is 0 Å². The van der Waals surface area contributed by atoms with Gasteiger partial charge in [0.25, 0.3) is 0 Å². The molecule has 0 aromatic carbocycles. The number of hydrogen-bond acceptors (Lipinski definition) is 2. The molecule has 0 aliphatic carbocycles. The zero-order valence-corrected chi connectivity index (χ0v) is 7.95. The van der Waals surface area contributed by atoms with E-state index in [9.17, 15) is 4.79 Å². The summed E-state index contributed by atoms with van der Waals surface area (Å²) in [4.78, 5) is 10.9. The number of ether oxygens (including phenoxy) is 1. The lowest BCUT2D eigenvalue weighted by molar-refractivity contribution is -0.154. The van der Waals surface area contributed by atoms with Crippen LogP contribution < -0.4 is 0 Å². The highest BCUT2D eigenvalue weighted by Crippen LogP contribution is 2.38. The molecule has 11 heavy (non-hydrogen) atoms. The van der Waals surface area contributed by atoms with E-state index in [0.717, 1.165) is 0 Å². The first kappa shape index (κ1) is 9.14. The molecule has 1 saturated heterocycles. The van der Waals surface area contributed by atoms with Gasteiger partial charge in [-0.1, -0.05) is 25.4 Å². The zero-order chi connectivity index (χ0) is 8.65. The van der Waals surface area contributed by atoms with Crippen LogP contribution >= 0.6 is 23.2 Å². The van der Waals surface area contributed by atoms with Gasteiger partial charge in [-0.3, -0.25) is 4.79 Å². The summed E-state index contributed by atoms with van der Waals surface area (Å²) in [6, 6.07) is 0. The third-order valence-electron chi connectivity index (χ3n) is 1.82. The molecule has 2 atom stereocenters. The van der Waals surface area contributed by atoms with Crippen molar-refractivity contribution in [1.82, 2.24) is 0 Å². The Morgan fingerprint density at radius 1 is 1.55 bits per heavy atom. The number of rotatable bonds is 0. The van der Waals surface area contributed by atoms with Crippen molar-refractivity contribution in [3.63, 3.8) is 0 Å². The lowest BCUT2D eigenvalue weighted by atomic mass is 9.84. The Morgan fingerprint density at radius 2 is 2.09 bits per heavy atom. The summed E-state index contributed by atoms with van der Waals surface area (Å²) in [5, 5.41) is -0.304. The van der Waals surface area contributed by atoms with Crippen LogP contribution in [0, 0.1) is 5.41 Å². The number of carbonyl (C=O) groups excluding carboxylic acids is 1. The molecule has 0 spiro atoms. The van der Waals surface area contributed by atoms with Crippen molar-refractivity contribution >= 4 is 29.2 Å². The largest absolute Gasteiger partial charge is 0.444 e. The molecule has 0 bridgehead atoms. The minimum Gasteiger partial charge on any atom is -0.444 e. The maximum absolute atomic E-state index is 10.9. The van der Waals surface area contributed by atoms with E-state index in [1.807, 2.05) is 13.8 Å². The number of alkyl halides is 2. The van der Waals surface area contributed by atoms with Crippen LogP contribution in [0.15, 0.2) is 0 Å². The van der Waals surface area contributed by atoms with Crippen LogP contribution in [0.4, 0.5) is 0 Å². The first-order chi connectivity index (χ1) is 4.93. The van der Waals surface area contributed by atoms with Gasteiger partial charge in [-0.05, 0) is 5.41 Å². The molecular formula is C7H10Cl2O2. The highest BCUT2D eigenvalue weighted by atomic mass is 35.5. The molecule has 1 heterocycles. The average Bonchev–Trinajstić information content (AvgIpc) is 1.81. The third kappa shape index (κ3) is 1.79. The molecule has 2 nitrogen and oxygen atoms in total. The van der Waals surface area contributed by atoms with Gasteiger partial charge in [0.2, 0.25) is 0 Å². The van der Waals surface area contributed by atoms with E-state index in [0.29, 0.717) is 6.42 Å². The van der Waals surface area contributed by atoms with E-state index in [2.05, 4.69) is 0 Å². The van der Waals surface area contributed by atoms with Gasteiger partial charge in [0.15, 0.2) is 5.56 Å². The molecule has 0 N–H and O–H groups in total. The van der Waals surface area contributed by atoms with E-state index in [1.165, 1.54) is 0 Å². The fourth-order valence-electron chi connectivity index (χ4n) is 1.05. The number of carbonyl (C=O) groups is 1. The average molecular weight is 197 g/mol. The van der Waals surface area contributed by atoms with E-state index in [4.69, 9.17) is 27.9 Å². The molecule has 64 valence electrons. The van der Waals surface area contributed by atoms with Crippen LogP contribution in [-0.2, 0) is 9.53 Å². The Labute approximate surface area is 75.8 Å². The Hall–Kier alpha value is 0.0500. The maximum Gasteiger partial charge on any atom is 0.307 e. The molecule has 1 aliphatic heterocycles. The van der Waals surface area contributed by atoms with Gasteiger partial charge in [-0.2, -0.15) is 0 Å². The minimum atomic E-state index is -0.687. The van der Waals surface area contributed by atoms with E-state index in [-0.39, 0.29) is 16.8 Å². The van der Waals surface area contributed by atoms with E-state index >= 15 is 0 Å². The topological polar surface area (TPSA) is 26.3 Å². The van der Waals surface area contributed by atoms with Gasteiger partial charge >= 0.3 is 5.97 Å². The second kappa shape index (κ2) is 2.83. The first-order valence-electron chi connectivity index (χ1n) is 3.41. The second-order valence-corrected chi connectivity index (χ2v) is 4.31. The van der Waals surface area contributed by atoms with Crippen molar-refractivity contribution in [2.24, 2.45) is 5.41 Å². The molecule has 4 heteroatoms. The zero-order valence-electron chi connectivity index (χ0n) is 6.43. The van der Waals surface area contributed by atoms with Gasteiger partial charge < -0.3 is 4.74 Å². The quantitative estimate of drug-likeness (QED) is 0.439. The summed E-state index contributed by atoms with van der Waals surface area (Å²) in [7, 11) is 0. The minimum absolute atomic E-state index is 0.261. The van der Waals surface area contributed by atoms with Crippen LogP contribution in [-0.4, -0.2) is 16.9 Å². The Balaban J connectivity index is 2.75. The number of cyclic esters (lactones) is 1. The Kier molecular flexibility index (Phi) is 2.35. The summed E-state index contributed by atoms with van der Waals surface area (Å²) in [5.41, 5.74) is -0.948. The molecule has 2 unspecified atom stereocenters. The van der Waals surface area contributed by atoms with Crippen LogP contribution in [0.2, 0.25) is 0 Å². The van der Waals surface area contributed by atoms with Crippen LogP contribution in [0.5, 0.6) is 0 Å². The summed E-state index contributed by atoms with van der Waals surface area (Å²) in [6.07, 6.45) is 0.338. The standard InChI is InChI=1S/C7H10Cl2O2/c1-7(2)3-4(10)11-6(9)5(7)8/h5-6H,3H2,1-2H3. The summed E-state index contributed by atoms with van der Waals surface area (Å²) < 4.78 is 4.73. The molecule has 0 aromatic heterocycles. The summed E-state index contributed by atoms with van der Waals surface area (Å²) in [6.45, 7) is 3.81. The molecule has 0 amide bonds. The highest BCUT2D eigenvalue weighted by Gasteiger charge is 2.42. The molecule has 0 saturated carbocycles. The van der Waals surface area contributed by atoms with Crippen LogP contribution in [0.1, 0.15) is 20.3 Å². The van der Waals surface area contributed by atoms with Crippen molar-refractivity contribution < 1.29 is 9.53 Å². The molecule has 1 rings (SSSR count). The number of hydrogen-bond donors (Lipinski definition) is 0. The number of esters is 1. The van der Waals surface area contributed by atoms with E-state index < -0.39 is 5.56 Å². The summed E-state index contributed by atoms with van der Waals surface area (Å²) >= 11 is 11.6. The predicted molar refractivity (Wildman–Crippen MR) is 43.8 cm³/mol. The fraction of sp³-hybridized carbons (Fsp3) is 0.857. The molecule has 0 radical (unpaired) electrons. The Morgan fingerprint density at radius 3 is 2.55 bits per heavy atom. The molecule has 1 aliphatic rings. The third-order valence-corrected chi connectivity index (χ3v) is 3.11. The van der Waals surface area contributed by atoms with E-state index in [1.54, 1.807) is 0 Å². The van der Waals surface area contributed by atoms with Gasteiger partial charge in [-0.15, -0.1) is 11.6 Å². The lowest BCUT2D eigenvalue weighted by Gasteiger charge is -2.36. The SMILES string of the molecule is CC1(C)CC(=O)OC(Cl)C1Cl. The van der Waals surface area contributed by atoms with Gasteiger partial charge in [0, 0.05) is 0 Å². The van der Waals surface area contributed by atoms with Crippen LogP contribution in [0.3, 0.4) is 0 Å². The normalized spacial score (nSPS) is 36.5. The van der Waals surface area contributed by atoms with Crippen molar-refractivity contribution in [3.8, 4) is 0 Å². The molecule has 1 fully saturated rings. The van der Waals surface area contributed by atoms with Gasteiger partial charge in [-0.25, -0.2) is 0 Å². The van der Waals surface area contributed by atoms with Gasteiger partial charge in [0.05, 0.1) is 11.8 Å². The van der Waals surface area contributed by atoms with Crippen molar-refractivity contribution in [2.75, 3.05) is 0 Å². The maximum atomic E-state index is 10.9. The monoisotopic (exact) mass is 196 g/mol. The number of halogens is 2. The Bertz CT molecular complexity index is 179. The second-order valence-electron chi connectivity index (χ2n) is 3.41. The molecule has 0 aromatic rings. The van der Waals surface area contributed by atoms with Gasteiger partial charge in [0.1, 0.15) is 0 Å². The van der Waals surface area contributed by atoms with Crippen molar-refractivity contribution in [3.05, 3.63) is 0 Å². The molecular weight excluding hydrogens is 187 g/mol. The van der Waals surface area contributed by atoms with Crippen LogP contribution in [0.25, 0.3) is 0 Å². The smallest absolute Gasteiger partial charge is 0.307 e. The van der Waals surface area contributed by atoms with Crippen molar-refractivity contribution in [2.45, 2.75) is 31.2 Å². The summed E-state index contributed by atoms with van der Waals surface area (Å²) in [5.74, 6) is -0.271. The lowest BCUT2D eigenvalue weighted by Crippen LogP contribution is -2.42. The fourth-order valence-corrected chi connectivity index (χ4v) is 1.62.